The first kappa shape index (κ1) is 13.6. The van der Waals surface area contributed by atoms with Crippen molar-refractivity contribution < 1.29 is 0 Å². The summed E-state index contributed by atoms with van der Waals surface area (Å²) in [6.07, 6.45) is 3.55. The van der Waals surface area contributed by atoms with Gasteiger partial charge in [0.05, 0.1) is 4.99 Å². The molecule has 1 aromatic rings. The van der Waals surface area contributed by atoms with Gasteiger partial charge in [-0.2, -0.15) is 0 Å². The van der Waals surface area contributed by atoms with Crippen LogP contribution in [-0.4, -0.2) is 14.1 Å². The van der Waals surface area contributed by atoms with Gasteiger partial charge in [0, 0.05) is 25.4 Å². The molecule has 0 aliphatic heterocycles. The maximum absolute atomic E-state index is 11.9. The van der Waals surface area contributed by atoms with E-state index in [1.54, 1.807) is 4.57 Å². The van der Waals surface area contributed by atoms with Crippen molar-refractivity contribution in [2.24, 2.45) is 5.73 Å². The molecule has 5 nitrogen and oxygen atoms in total. The molecule has 0 fully saturated rings. The van der Waals surface area contributed by atoms with E-state index < -0.39 is 0 Å². The number of rotatable bonds is 6. The van der Waals surface area contributed by atoms with Crippen molar-refractivity contribution in [2.45, 2.75) is 39.3 Å². The van der Waals surface area contributed by atoms with Gasteiger partial charge in [-0.3, -0.25) is 9.36 Å². The molecular formula is C11H17N3O2S. The normalized spacial score (nSPS) is 10.4. The van der Waals surface area contributed by atoms with E-state index in [4.69, 9.17) is 18.0 Å². The van der Waals surface area contributed by atoms with Crippen molar-refractivity contribution in [3.8, 4) is 0 Å². The first-order valence-electron chi connectivity index (χ1n) is 5.65. The Morgan fingerprint density at radius 3 is 2.71 bits per heavy atom. The minimum atomic E-state index is -0.273. The number of aryl methyl sites for hydroxylation is 1. The van der Waals surface area contributed by atoms with Crippen LogP contribution < -0.4 is 17.0 Å². The molecule has 0 atom stereocenters. The fraction of sp³-hybridized carbons (Fsp3) is 0.545. The average molecular weight is 255 g/mol. The second-order valence-electron chi connectivity index (χ2n) is 3.85. The highest BCUT2D eigenvalue weighted by atomic mass is 32.1. The summed E-state index contributed by atoms with van der Waals surface area (Å²) in [5.41, 5.74) is 4.84. The summed E-state index contributed by atoms with van der Waals surface area (Å²) in [5, 5.41) is 0. The van der Waals surface area contributed by atoms with Gasteiger partial charge in [-0.25, -0.2) is 4.79 Å². The lowest BCUT2D eigenvalue weighted by atomic mass is 10.3. The molecule has 0 aromatic carbocycles. The zero-order chi connectivity index (χ0) is 12.8. The number of nitrogens with zero attached hydrogens (tertiary/aromatic N) is 2. The Labute approximate surface area is 105 Å². The number of hydrogen-bond donors (Lipinski definition) is 1. The second-order valence-corrected chi connectivity index (χ2v) is 4.38. The third-order valence-electron chi connectivity index (χ3n) is 2.41. The number of thiocarbonyl (C=S) groups is 1. The van der Waals surface area contributed by atoms with Crippen LogP contribution in [0.4, 0.5) is 0 Å². The quantitative estimate of drug-likeness (QED) is 0.751. The Kier molecular flexibility index (Phi) is 5.09. The van der Waals surface area contributed by atoms with E-state index in [-0.39, 0.29) is 11.2 Å². The Hall–Kier alpha value is -1.43. The Morgan fingerprint density at radius 1 is 1.41 bits per heavy atom. The van der Waals surface area contributed by atoms with Crippen molar-refractivity contribution in [1.82, 2.24) is 9.13 Å². The van der Waals surface area contributed by atoms with Crippen LogP contribution in [0.2, 0.25) is 0 Å². The van der Waals surface area contributed by atoms with Crippen LogP contribution in [0.5, 0.6) is 0 Å². The SMILES string of the molecule is CCCn1ccc(=O)n(CCCC(N)=S)c1=O. The van der Waals surface area contributed by atoms with Crippen molar-refractivity contribution in [3.05, 3.63) is 33.1 Å². The molecule has 0 unspecified atom stereocenters. The highest BCUT2D eigenvalue weighted by Gasteiger charge is 2.04. The fourth-order valence-electron chi connectivity index (χ4n) is 1.59. The first-order valence-corrected chi connectivity index (χ1v) is 6.05. The summed E-state index contributed by atoms with van der Waals surface area (Å²) in [5.74, 6) is 0. The van der Waals surface area contributed by atoms with Crippen LogP contribution in [-0.2, 0) is 13.1 Å². The summed E-state index contributed by atoms with van der Waals surface area (Å²) in [6.45, 7) is 2.96. The molecule has 94 valence electrons. The topological polar surface area (TPSA) is 70.0 Å². The summed E-state index contributed by atoms with van der Waals surface area (Å²) in [4.78, 5) is 23.9. The molecule has 0 aliphatic carbocycles. The predicted molar refractivity (Wildman–Crippen MR) is 71.3 cm³/mol. The smallest absolute Gasteiger partial charge is 0.330 e. The zero-order valence-corrected chi connectivity index (χ0v) is 10.7. The molecule has 0 bridgehead atoms. The zero-order valence-electron chi connectivity index (χ0n) is 9.89. The van der Waals surface area contributed by atoms with E-state index in [0.717, 1.165) is 6.42 Å². The van der Waals surface area contributed by atoms with E-state index in [1.807, 2.05) is 6.92 Å². The first-order chi connectivity index (χ1) is 8.06. The number of nitrogens with two attached hydrogens (primary N) is 1. The molecule has 1 rings (SSSR count). The lowest BCUT2D eigenvalue weighted by molar-refractivity contribution is 0.534. The molecule has 0 aliphatic rings. The molecule has 0 spiro atoms. The summed E-state index contributed by atoms with van der Waals surface area (Å²) in [7, 11) is 0. The van der Waals surface area contributed by atoms with Crippen molar-refractivity contribution in [1.29, 1.82) is 0 Å². The van der Waals surface area contributed by atoms with Crippen LogP contribution in [0.3, 0.4) is 0 Å². The van der Waals surface area contributed by atoms with Crippen molar-refractivity contribution in [3.63, 3.8) is 0 Å². The number of hydrogen-bond acceptors (Lipinski definition) is 3. The third-order valence-corrected chi connectivity index (χ3v) is 2.61. The van der Waals surface area contributed by atoms with Gasteiger partial charge in [0.1, 0.15) is 0 Å². The molecular weight excluding hydrogens is 238 g/mol. The van der Waals surface area contributed by atoms with Gasteiger partial charge in [0.25, 0.3) is 5.56 Å². The molecule has 1 aromatic heterocycles. The van der Waals surface area contributed by atoms with Crippen molar-refractivity contribution >= 4 is 17.2 Å². The van der Waals surface area contributed by atoms with Gasteiger partial charge >= 0.3 is 5.69 Å². The molecule has 2 N–H and O–H groups in total. The van der Waals surface area contributed by atoms with E-state index >= 15 is 0 Å². The van der Waals surface area contributed by atoms with E-state index in [2.05, 4.69) is 0 Å². The monoisotopic (exact) mass is 255 g/mol. The molecule has 0 radical (unpaired) electrons. The van der Waals surface area contributed by atoms with Gasteiger partial charge in [-0.05, 0) is 19.3 Å². The van der Waals surface area contributed by atoms with E-state index in [1.165, 1.54) is 16.8 Å². The van der Waals surface area contributed by atoms with Crippen molar-refractivity contribution in [2.75, 3.05) is 0 Å². The molecule has 0 saturated carbocycles. The standard InChI is InChI=1S/C11H17N3O2S/c1-2-6-13-8-5-10(15)14(11(13)16)7-3-4-9(12)17/h5,8H,2-4,6-7H2,1H3,(H2,12,17). The van der Waals surface area contributed by atoms with Crippen LogP contribution in [0, 0.1) is 0 Å². The van der Waals surface area contributed by atoms with Gasteiger partial charge in [0.15, 0.2) is 0 Å². The third kappa shape index (κ3) is 3.81. The van der Waals surface area contributed by atoms with Crippen LogP contribution >= 0.6 is 12.2 Å². The summed E-state index contributed by atoms with van der Waals surface area (Å²) < 4.78 is 2.77. The number of aromatic nitrogens is 2. The van der Waals surface area contributed by atoms with Gasteiger partial charge < -0.3 is 10.3 Å². The molecule has 0 saturated heterocycles. The molecule has 6 heteroatoms. The summed E-state index contributed by atoms with van der Waals surface area (Å²) in [6, 6.07) is 1.41. The van der Waals surface area contributed by atoms with Crippen LogP contribution in [0.15, 0.2) is 21.9 Å². The van der Waals surface area contributed by atoms with Crippen LogP contribution in [0.1, 0.15) is 26.2 Å². The van der Waals surface area contributed by atoms with Gasteiger partial charge in [-0.1, -0.05) is 19.1 Å². The second kappa shape index (κ2) is 6.34. The minimum Gasteiger partial charge on any atom is -0.393 e. The van der Waals surface area contributed by atoms with Gasteiger partial charge in [0.2, 0.25) is 0 Å². The fourth-order valence-corrected chi connectivity index (χ4v) is 1.73. The highest BCUT2D eigenvalue weighted by molar-refractivity contribution is 7.80. The molecule has 1 heterocycles. The minimum absolute atomic E-state index is 0.262. The Balaban J connectivity index is 2.90. The lowest BCUT2D eigenvalue weighted by Gasteiger charge is -2.08. The lowest BCUT2D eigenvalue weighted by Crippen LogP contribution is -2.39. The molecule has 17 heavy (non-hydrogen) atoms. The highest BCUT2D eigenvalue weighted by Crippen LogP contribution is 1.91. The van der Waals surface area contributed by atoms with E-state index in [0.29, 0.717) is 30.9 Å². The largest absolute Gasteiger partial charge is 0.393 e. The maximum atomic E-state index is 11.9. The maximum Gasteiger partial charge on any atom is 0.330 e. The van der Waals surface area contributed by atoms with Gasteiger partial charge in [-0.15, -0.1) is 0 Å². The Morgan fingerprint density at radius 2 is 2.12 bits per heavy atom. The predicted octanol–water partition coefficient (Wildman–Crippen LogP) is 0.486. The molecule has 0 amide bonds. The van der Waals surface area contributed by atoms with E-state index in [9.17, 15) is 9.59 Å². The van der Waals surface area contributed by atoms with Crippen LogP contribution in [0.25, 0.3) is 0 Å². The summed E-state index contributed by atoms with van der Waals surface area (Å²) >= 11 is 4.75. The Bertz CT molecular complexity index is 504. The average Bonchev–Trinajstić information content (AvgIpc) is 2.27.